The number of pyridine rings is 2. The van der Waals surface area contributed by atoms with Gasteiger partial charge in [-0.15, -0.1) is 0 Å². The summed E-state index contributed by atoms with van der Waals surface area (Å²) in [6.45, 7) is 0. The highest BCUT2D eigenvalue weighted by atomic mass is 14.9. The predicted molar refractivity (Wildman–Crippen MR) is 70.1 cm³/mol. The number of fused-ring (bicyclic) bond motifs is 3. The van der Waals surface area contributed by atoms with Gasteiger partial charge in [-0.3, -0.25) is 0 Å². The Hall–Kier alpha value is -2.62. The molecule has 0 aliphatic carbocycles. The van der Waals surface area contributed by atoms with Gasteiger partial charge in [0.2, 0.25) is 0 Å². The number of para-hydroxylation sites is 1. The zero-order chi connectivity index (χ0) is 11.9. The van der Waals surface area contributed by atoms with E-state index in [0.29, 0.717) is 5.65 Å². The highest BCUT2D eigenvalue weighted by Crippen LogP contribution is 2.20. The summed E-state index contributed by atoms with van der Waals surface area (Å²) in [6, 6.07) is 12.1. The van der Waals surface area contributed by atoms with Crippen LogP contribution in [-0.4, -0.2) is 19.9 Å². The summed E-state index contributed by atoms with van der Waals surface area (Å²) >= 11 is 0. The van der Waals surface area contributed by atoms with Crippen LogP contribution in [0.2, 0.25) is 0 Å². The Kier molecular flexibility index (Phi) is 1.80. The van der Waals surface area contributed by atoms with Crippen LogP contribution in [0.4, 0.5) is 0 Å². The maximum absolute atomic E-state index is 4.56. The molecular weight excluding hydrogens is 224 g/mol. The van der Waals surface area contributed by atoms with Crippen LogP contribution in [-0.2, 0) is 0 Å². The van der Waals surface area contributed by atoms with Crippen molar-refractivity contribution in [3.8, 4) is 0 Å². The van der Waals surface area contributed by atoms with Crippen LogP contribution < -0.4 is 0 Å². The molecule has 0 saturated heterocycles. The van der Waals surface area contributed by atoms with Crippen molar-refractivity contribution in [2.45, 2.75) is 0 Å². The van der Waals surface area contributed by atoms with E-state index in [0.717, 1.165) is 27.3 Å². The van der Waals surface area contributed by atoms with Gasteiger partial charge in [0.15, 0.2) is 11.3 Å². The second kappa shape index (κ2) is 3.43. The molecule has 0 atom stereocenters. The zero-order valence-electron chi connectivity index (χ0n) is 9.41. The van der Waals surface area contributed by atoms with E-state index in [9.17, 15) is 0 Å². The lowest BCUT2D eigenvalue weighted by Crippen LogP contribution is -1.90. The fraction of sp³-hybridized carbons (Fsp3) is 0. The summed E-state index contributed by atoms with van der Waals surface area (Å²) in [7, 11) is 0. The first-order valence-electron chi connectivity index (χ1n) is 5.66. The average molecular weight is 232 g/mol. The molecule has 0 N–H and O–H groups in total. The van der Waals surface area contributed by atoms with E-state index in [1.54, 1.807) is 6.20 Å². The normalized spacial score (nSPS) is 11.3. The third kappa shape index (κ3) is 1.32. The standard InChI is InChI=1S/C14H8N4/c1-2-4-12-9(3-1)5-10-6-11-7-15-8-16-13(11)18-14(10)17-12/h1-8H. The summed E-state index contributed by atoms with van der Waals surface area (Å²) in [5.74, 6) is 0. The first-order chi connectivity index (χ1) is 8.90. The van der Waals surface area contributed by atoms with Crippen molar-refractivity contribution >= 4 is 33.0 Å². The number of benzene rings is 1. The molecule has 4 heteroatoms. The summed E-state index contributed by atoms with van der Waals surface area (Å²) in [6.07, 6.45) is 3.27. The van der Waals surface area contributed by atoms with Crippen molar-refractivity contribution < 1.29 is 0 Å². The minimum atomic E-state index is 0.681. The Morgan fingerprint density at radius 2 is 1.67 bits per heavy atom. The largest absolute Gasteiger partial charge is 0.244 e. The molecule has 0 aliphatic rings. The first-order valence-corrected chi connectivity index (χ1v) is 5.66. The number of hydrogen-bond acceptors (Lipinski definition) is 4. The van der Waals surface area contributed by atoms with Gasteiger partial charge in [-0.2, -0.15) is 0 Å². The number of hydrogen-bond donors (Lipinski definition) is 0. The summed E-state index contributed by atoms with van der Waals surface area (Å²) in [4.78, 5) is 17.2. The van der Waals surface area contributed by atoms with Crippen molar-refractivity contribution in [3.05, 3.63) is 48.9 Å². The smallest absolute Gasteiger partial charge is 0.164 e. The lowest BCUT2D eigenvalue weighted by atomic mass is 10.1. The van der Waals surface area contributed by atoms with Gasteiger partial charge in [-0.25, -0.2) is 19.9 Å². The van der Waals surface area contributed by atoms with E-state index in [1.165, 1.54) is 6.33 Å². The molecule has 4 aromatic rings. The average Bonchev–Trinajstić information content (AvgIpc) is 2.42. The van der Waals surface area contributed by atoms with Crippen molar-refractivity contribution in [1.82, 2.24) is 19.9 Å². The second-order valence-electron chi connectivity index (χ2n) is 4.15. The molecule has 0 fully saturated rings. The van der Waals surface area contributed by atoms with Gasteiger partial charge in [-0.05, 0) is 18.2 Å². The van der Waals surface area contributed by atoms with Crippen LogP contribution in [0.5, 0.6) is 0 Å². The fourth-order valence-corrected chi connectivity index (χ4v) is 2.11. The molecule has 18 heavy (non-hydrogen) atoms. The summed E-state index contributed by atoms with van der Waals surface area (Å²) in [5, 5.41) is 3.06. The second-order valence-corrected chi connectivity index (χ2v) is 4.15. The Labute approximate surface area is 102 Å². The van der Waals surface area contributed by atoms with Gasteiger partial charge in [-0.1, -0.05) is 18.2 Å². The fourth-order valence-electron chi connectivity index (χ4n) is 2.11. The third-order valence-corrected chi connectivity index (χ3v) is 2.97. The van der Waals surface area contributed by atoms with Crippen LogP contribution in [0.3, 0.4) is 0 Å². The molecule has 0 spiro atoms. The van der Waals surface area contributed by atoms with E-state index >= 15 is 0 Å². The quantitative estimate of drug-likeness (QED) is 0.437. The minimum Gasteiger partial charge on any atom is -0.244 e. The molecule has 84 valence electrons. The van der Waals surface area contributed by atoms with E-state index in [-0.39, 0.29) is 0 Å². The van der Waals surface area contributed by atoms with Gasteiger partial charge in [0.1, 0.15) is 6.33 Å². The molecule has 0 aliphatic heterocycles. The van der Waals surface area contributed by atoms with Crippen LogP contribution in [0.1, 0.15) is 0 Å². The van der Waals surface area contributed by atoms with Crippen molar-refractivity contribution in [1.29, 1.82) is 0 Å². The maximum atomic E-state index is 4.56. The lowest BCUT2D eigenvalue weighted by molar-refractivity contribution is 1.19. The molecule has 3 aromatic heterocycles. The van der Waals surface area contributed by atoms with E-state index in [4.69, 9.17) is 0 Å². The van der Waals surface area contributed by atoms with Crippen molar-refractivity contribution in [2.75, 3.05) is 0 Å². The zero-order valence-corrected chi connectivity index (χ0v) is 9.41. The molecule has 4 nitrogen and oxygen atoms in total. The van der Waals surface area contributed by atoms with Gasteiger partial charge >= 0.3 is 0 Å². The number of rotatable bonds is 0. The molecule has 0 bridgehead atoms. The maximum Gasteiger partial charge on any atom is 0.164 e. The van der Waals surface area contributed by atoms with Crippen LogP contribution in [0, 0.1) is 0 Å². The third-order valence-electron chi connectivity index (χ3n) is 2.97. The van der Waals surface area contributed by atoms with Crippen molar-refractivity contribution in [2.24, 2.45) is 0 Å². The van der Waals surface area contributed by atoms with Crippen molar-refractivity contribution in [3.63, 3.8) is 0 Å². The van der Waals surface area contributed by atoms with Gasteiger partial charge in [0, 0.05) is 22.4 Å². The number of aromatic nitrogens is 4. The molecule has 3 heterocycles. The SMILES string of the molecule is c1ccc2nc3nc4ncncc4cc3cc2c1. The highest BCUT2D eigenvalue weighted by molar-refractivity contribution is 5.95. The monoisotopic (exact) mass is 232 g/mol. The Morgan fingerprint density at radius 1 is 0.778 bits per heavy atom. The van der Waals surface area contributed by atoms with Gasteiger partial charge < -0.3 is 0 Å². The topological polar surface area (TPSA) is 51.6 Å². The van der Waals surface area contributed by atoms with E-state index in [2.05, 4.69) is 26.0 Å². The number of nitrogens with zero attached hydrogens (tertiary/aromatic N) is 4. The summed E-state index contributed by atoms with van der Waals surface area (Å²) < 4.78 is 0. The highest BCUT2D eigenvalue weighted by Gasteiger charge is 2.03. The molecular formula is C14H8N4. The van der Waals surface area contributed by atoms with E-state index < -0.39 is 0 Å². The Bertz CT molecular complexity index is 742. The Morgan fingerprint density at radius 3 is 2.67 bits per heavy atom. The lowest BCUT2D eigenvalue weighted by Gasteiger charge is -2.02. The molecule has 0 unspecified atom stereocenters. The first kappa shape index (κ1) is 9.41. The van der Waals surface area contributed by atoms with Crippen LogP contribution >= 0.6 is 0 Å². The van der Waals surface area contributed by atoms with Gasteiger partial charge in [0.25, 0.3) is 0 Å². The molecule has 0 radical (unpaired) electrons. The summed E-state index contributed by atoms with van der Waals surface area (Å²) in [5.41, 5.74) is 2.35. The van der Waals surface area contributed by atoms with Crippen LogP contribution in [0.15, 0.2) is 48.9 Å². The molecule has 0 amide bonds. The minimum absolute atomic E-state index is 0.681. The van der Waals surface area contributed by atoms with E-state index in [1.807, 2.05) is 30.3 Å². The Balaban J connectivity index is 2.20. The molecule has 1 aromatic carbocycles. The molecule has 4 rings (SSSR count). The molecule has 0 saturated carbocycles. The predicted octanol–water partition coefficient (Wildman–Crippen LogP) is 2.73. The van der Waals surface area contributed by atoms with Gasteiger partial charge in [0.05, 0.1) is 5.52 Å². The van der Waals surface area contributed by atoms with Crippen LogP contribution in [0.25, 0.3) is 33.0 Å².